The molecule has 1 aliphatic carbocycles. The van der Waals surface area contributed by atoms with Gasteiger partial charge in [0.25, 0.3) is 0 Å². The zero-order valence-electron chi connectivity index (χ0n) is 9.61. The summed E-state index contributed by atoms with van der Waals surface area (Å²) in [6.07, 6.45) is 5.84. The fourth-order valence-corrected chi connectivity index (χ4v) is 3.20. The van der Waals surface area contributed by atoms with Crippen LogP contribution >= 0.6 is 11.3 Å². The number of aromatic nitrogens is 1. The first kappa shape index (κ1) is 10.7. The highest BCUT2D eigenvalue weighted by Gasteiger charge is 2.35. The van der Waals surface area contributed by atoms with Crippen molar-refractivity contribution >= 4 is 11.3 Å². The lowest BCUT2D eigenvalue weighted by atomic mass is 10.1. The number of rotatable bonds is 4. The van der Waals surface area contributed by atoms with Gasteiger partial charge in [0.2, 0.25) is 0 Å². The van der Waals surface area contributed by atoms with E-state index in [9.17, 15) is 0 Å². The summed E-state index contributed by atoms with van der Waals surface area (Å²) in [6.45, 7) is 3.91. The van der Waals surface area contributed by atoms with Gasteiger partial charge >= 0.3 is 0 Å². The molecule has 1 aromatic rings. The van der Waals surface area contributed by atoms with Gasteiger partial charge in [-0.05, 0) is 32.1 Å². The van der Waals surface area contributed by atoms with E-state index in [4.69, 9.17) is 4.74 Å². The predicted molar refractivity (Wildman–Crippen MR) is 64.7 cm³/mol. The van der Waals surface area contributed by atoms with E-state index >= 15 is 0 Å². The SMILES string of the molecule is Cc1cnc(C(NC2CCOC2)C2CC2)s1. The lowest BCUT2D eigenvalue weighted by molar-refractivity contribution is 0.187. The van der Waals surface area contributed by atoms with Crippen molar-refractivity contribution in [2.24, 2.45) is 5.92 Å². The van der Waals surface area contributed by atoms with Crippen LogP contribution in [0.3, 0.4) is 0 Å². The van der Waals surface area contributed by atoms with E-state index < -0.39 is 0 Å². The Hall–Kier alpha value is -0.450. The van der Waals surface area contributed by atoms with Crippen LogP contribution in [-0.2, 0) is 4.74 Å². The number of thiazole rings is 1. The quantitative estimate of drug-likeness (QED) is 0.874. The van der Waals surface area contributed by atoms with Gasteiger partial charge in [-0.2, -0.15) is 0 Å². The fraction of sp³-hybridized carbons (Fsp3) is 0.750. The van der Waals surface area contributed by atoms with Crippen molar-refractivity contribution in [3.8, 4) is 0 Å². The van der Waals surface area contributed by atoms with Crippen LogP contribution in [0, 0.1) is 12.8 Å². The molecule has 0 spiro atoms. The molecule has 1 saturated heterocycles. The van der Waals surface area contributed by atoms with Crippen LogP contribution < -0.4 is 5.32 Å². The molecule has 2 fully saturated rings. The van der Waals surface area contributed by atoms with E-state index in [2.05, 4.69) is 17.2 Å². The number of nitrogens with zero attached hydrogens (tertiary/aromatic N) is 1. The van der Waals surface area contributed by atoms with Crippen LogP contribution in [-0.4, -0.2) is 24.2 Å². The van der Waals surface area contributed by atoms with Crippen molar-refractivity contribution in [1.29, 1.82) is 0 Å². The van der Waals surface area contributed by atoms with Crippen molar-refractivity contribution in [2.45, 2.75) is 38.3 Å². The van der Waals surface area contributed by atoms with Crippen molar-refractivity contribution in [3.63, 3.8) is 0 Å². The molecule has 0 amide bonds. The van der Waals surface area contributed by atoms with Crippen LogP contribution in [0.25, 0.3) is 0 Å². The molecule has 1 aliphatic heterocycles. The van der Waals surface area contributed by atoms with Crippen LogP contribution in [0.15, 0.2) is 6.20 Å². The molecule has 0 aromatic carbocycles. The zero-order chi connectivity index (χ0) is 11.0. The second-order valence-corrected chi connectivity index (χ2v) is 6.12. The summed E-state index contributed by atoms with van der Waals surface area (Å²) in [5.41, 5.74) is 0. The average molecular weight is 238 g/mol. The largest absolute Gasteiger partial charge is 0.380 e. The number of hydrogen-bond acceptors (Lipinski definition) is 4. The maximum absolute atomic E-state index is 5.42. The topological polar surface area (TPSA) is 34.2 Å². The molecule has 2 atom stereocenters. The van der Waals surface area contributed by atoms with E-state index in [1.165, 1.54) is 22.7 Å². The highest BCUT2D eigenvalue weighted by Crippen LogP contribution is 2.42. The molecule has 88 valence electrons. The third-order valence-electron chi connectivity index (χ3n) is 3.34. The molecule has 0 bridgehead atoms. The summed E-state index contributed by atoms with van der Waals surface area (Å²) in [6, 6.07) is 1.01. The van der Waals surface area contributed by atoms with E-state index in [-0.39, 0.29) is 0 Å². The van der Waals surface area contributed by atoms with Gasteiger partial charge in [-0.1, -0.05) is 0 Å². The van der Waals surface area contributed by atoms with Crippen molar-refractivity contribution in [1.82, 2.24) is 10.3 Å². The summed E-state index contributed by atoms with van der Waals surface area (Å²) in [5.74, 6) is 0.811. The summed E-state index contributed by atoms with van der Waals surface area (Å²) in [4.78, 5) is 5.84. The van der Waals surface area contributed by atoms with Gasteiger partial charge in [-0.15, -0.1) is 11.3 Å². The summed E-state index contributed by atoms with van der Waals surface area (Å²) in [5, 5.41) is 5.00. The van der Waals surface area contributed by atoms with E-state index in [0.717, 1.165) is 25.6 Å². The molecule has 3 nitrogen and oxygen atoms in total. The number of ether oxygens (including phenoxy) is 1. The second kappa shape index (κ2) is 4.43. The Balaban J connectivity index is 1.70. The first-order valence-electron chi connectivity index (χ1n) is 6.09. The van der Waals surface area contributed by atoms with Crippen molar-refractivity contribution in [3.05, 3.63) is 16.1 Å². The first-order chi connectivity index (χ1) is 7.83. The van der Waals surface area contributed by atoms with Gasteiger partial charge in [0, 0.05) is 23.7 Å². The molecule has 1 saturated carbocycles. The lowest BCUT2D eigenvalue weighted by Gasteiger charge is -2.19. The minimum atomic E-state index is 0.477. The molecule has 1 aromatic heterocycles. The molecular weight excluding hydrogens is 220 g/mol. The molecular formula is C12H18N2OS. The maximum atomic E-state index is 5.42. The van der Waals surface area contributed by atoms with Gasteiger partial charge in [0.1, 0.15) is 5.01 Å². The molecule has 4 heteroatoms. The van der Waals surface area contributed by atoms with Crippen LogP contribution in [0.4, 0.5) is 0 Å². The third-order valence-corrected chi connectivity index (χ3v) is 4.34. The predicted octanol–water partition coefficient (Wildman–Crippen LogP) is 2.28. The van der Waals surface area contributed by atoms with Gasteiger partial charge in [-0.25, -0.2) is 4.98 Å². The molecule has 2 aliphatic rings. The fourth-order valence-electron chi connectivity index (χ4n) is 2.27. The van der Waals surface area contributed by atoms with Gasteiger partial charge in [-0.3, -0.25) is 0 Å². The Bertz CT molecular complexity index is 356. The van der Waals surface area contributed by atoms with E-state index in [0.29, 0.717) is 12.1 Å². The minimum Gasteiger partial charge on any atom is -0.380 e. The summed E-state index contributed by atoms with van der Waals surface area (Å²) >= 11 is 1.83. The minimum absolute atomic E-state index is 0.477. The Morgan fingerprint density at radius 2 is 2.38 bits per heavy atom. The van der Waals surface area contributed by atoms with Crippen molar-refractivity contribution < 1.29 is 4.74 Å². The summed E-state index contributed by atoms with van der Waals surface area (Å²) < 4.78 is 5.42. The normalized spacial score (nSPS) is 27.2. The molecule has 2 unspecified atom stereocenters. The van der Waals surface area contributed by atoms with Gasteiger partial charge in [0.05, 0.1) is 12.6 Å². The molecule has 16 heavy (non-hydrogen) atoms. The highest BCUT2D eigenvalue weighted by atomic mass is 32.1. The molecule has 1 N–H and O–H groups in total. The van der Waals surface area contributed by atoms with Crippen molar-refractivity contribution in [2.75, 3.05) is 13.2 Å². The van der Waals surface area contributed by atoms with E-state index in [1.807, 2.05) is 17.5 Å². The monoisotopic (exact) mass is 238 g/mol. The van der Waals surface area contributed by atoms with Crippen LogP contribution in [0.5, 0.6) is 0 Å². The molecule has 0 radical (unpaired) electrons. The Kier molecular flexibility index (Phi) is 2.96. The Labute approximate surface area is 100 Å². The number of hydrogen-bond donors (Lipinski definition) is 1. The first-order valence-corrected chi connectivity index (χ1v) is 6.90. The number of nitrogens with one attached hydrogen (secondary N) is 1. The molecule has 2 heterocycles. The Morgan fingerprint density at radius 3 is 2.94 bits per heavy atom. The smallest absolute Gasteiger partial charge is 0.110 e. The van der Waals surface area contributed by atoms with E-state index in [1.54, 1.807) is 0 Å². The highest BCUT2D eigenvalue weighted by molar-refractivity contribution is 7.11. The molecule has 3 rings (SSSR count). The average Bonchev–Trinajstić information content (AvgIpc) is 2.81. The second-order valence-electron chi connectivity index (χ2n) is 4.85. The zero-order valence-corrected chi connectivity index (χ0v) is 10.4. The van der Waals surface area contributed by atoms with Crippen LogP contribution in [0.2, 0.25) is 0 Å². The Morgan fingerprint density at radius 1 is 1.50 bits per heavy atom. The van der Waals surface area contributed by atoms with Gasteiger partial charge < -0.3 is 10.1 Å². The number of aryl methyl sites for hydroxylation is 1. The van der Waals surface area contributed by atoms with Crippen LogP contribution in [0.1, 0.15) is 35.2 Å². The standard InChI is InChI=1S/C12H18N2OS/c1-8-6-13-12(16-8)11(9-2-3-9)14-10-4-5-15-7-10/h6,9-11,14H,2-5,7H2,1H3. The van der Waals surface area contributed by atoms with Gasteiger partial charge in [0.15, 0.2) is 0 Å². The summed E-state index contributed by atoms with van der Waals surface area (Å²) in [7, 11) is 0. The lowest BCUT2D eigenvalue weighted by Crippen LogP contribution is -2.34. The third kappa shape index (κ3) is 2.29. The maximum Gasteiger partial charge on any atom is 0.110 e.